The highest BCUT2D eigenvalue weighted by Gasteiger charge is 2.18. The van der Waals surface area contributed by atoms with Gasteiger partial charge >= 0.3 is 5.97 Å². The normalized spacial score (nSPS) is 10.7. The molecule has 19 heavy (non-hydrogen) atoms. The summed E-state index contributed by atoms with van der Waals surface area (Å²) in [6.07, 6.45) is 0. The summed E-state index contributed by atoms with van der Waals surface area (Å²) in [5.41, 5.74) is 3.32. The highest BCUT2D eigenvalue weighted by atomic mass is 16.5. The average Bonchev–Trinajstić information content (AvgIpc) is 2.34. The maximum Gasteiger partial charge on any atom is 0.344 e. The van der Waals surface area contributed by atoms with E-state index in [1.54, 1.807) is 13.8 Å². The van der Waals surface area contributed by atoms with Crippen LogP contribution < -0.4 is 5.56 Å². The molecule has 0 spiro atoms. The average molecular weight is 259 g/mol. The van der Waals surface area contributed by atoms with Gasteiger partial charge in [0.1, 0.15) is 5.56 Å². The number of pyridine rings is 1. The van der Waals surface area contributed by atoms with Crippen LogP contribution in [0.4, 0.5) is 0 Å². The minimum Gasteiger partial charge on any atom is -0.462 e. The quantitative estimate of drug-likeness (QED) is 0.843. The van der Waals surface area contributed by atoms with E-state index in [0.29, 0.717) is 5.56 Å². The summed E-state index contributed by atoms with van der Waals surface area (Å²) in [6, 6.07) is 3.82. The Bertz CT molecular complexity index is 713. The maximum atomic E-state index is 12.0. The molecule has 1 aromatic heterocycles. The van der Waals surface area contributed by atoms with Gasteiger partial charge in [0.25, 0.3) is 5.56 Å². The number of ether oxygens (including phenoxy) is 1. The van der Waals surface area contributed by atoms with E-state index < -0.39 is 11.5 Å². The van der Waals surface area contributed by atoms with E-state index in [1.165, 1.54) is 0 Å². The van der Waals surface area contributed by atoms with Crippen LogP contribution >= 0.6 is 0 Å². The van der Waals surface area contributed by atoms with Gasteiger partial charge in [-0.1, -0.05) is 6.07 Å². The van der Waals surface area contributed by atoms with Crippen molar-refractivity contribution in [2.75, 3.05) is 6.61 Å². The number of esters is 1. The first-order valence-corrected chi connectivity index (χ1v) is 6.27. The molecule has 0 amide bonds. The molecule has 0 saturated heterocycles. The number of carbonyl (C=O) groups is 1. The monoisotopic (exact) mass is 259 g/mol. The number of aromatic amines is 1. The van der Waals surface area contributed by atoms with E-state index in [2.05, 4.69) is 4.98 Å². The molecule has 1 heterocycles. The number of hydrogen-bond donors (Lipinski definition) is 1. The molecule has 4 nitrogen and oxygen atoms in total. The summed E-state index contributed by atoms with van der Waals surface area (Å²) < 4.78 is 4.95. The van der Waals surface area contributed by atoms with E-state index in [1.807, 2.05) is 26.0 Å². The molecule has 0 aliphatic heterocycles. The summed E-state index contributed by atoms with van der Waals surface area (Å²) in [4.78, 5) is 26.6. The first-order valence-electron chi connectivity index (χ1n) is 6.27. The van der Waals surface area contributed by atoms with Crippen LogP contribution in [-0.4, -0.2) is 17.6 Å². The molecule has 2 aromatic rings. The molecule has 0 aliphatic carbocycles. The van der Waals surface area contributed by atoms with Gasteiger partial charge in [-0.05, 0) is 50.5 Å². The van der Waals surface area contributed by atoms with Crippen molar-refractivity contribution in [3.63, 3.8) is 0 Å². The van der Waals surface area contributed by atoms with E-state index in [9.17, 15) is 9.59 Å². The molecule has 0 aliphatic rings. The summed E-state index contributed by atoms with van der Waals surface area (Å²) in [5.74, 6) is -0.566. The van der Waals surface area contributed by atoms with Gasteiger partial charge in [0.05, 0.1) is 6.61 Å². The predicted molar refractivity (Wildman–Crippen MR) is 74.7 cm³/mol. The molecule has 0 unspecified atom stereocenters. The lowest BCUT2D eigenvalue weighted by molar-refractivity contribution is 0.0523. The lowest BCUT2D eigenvalue weighted by Crippen LogP contribution is -2.22. The van der Waals surface area contributed by atoms with Gasteiger partial charge in [0.2, 0.25) is 0 Å². The van der Waals surface area contributed by atoms with Crippen molar-refractivity contribution >= 4 is 16.9 Å². The Hall–Kier alpha value is -2.10. The predicted octanol–water partition coefficient (Wildman–Crippen LogP) is 2.63. The second-order valence-electron chi connectivity index (χ2n) is 4.60. The molecular formula is C15H17NO3. The van der Waals surface area contributed by atoms with Crippen LogP contribution in [0.25, 0.3) is 10.9 Å². The first-order chi connectivity index (χ1) is 8.97. The third-order valence-corrected chi connectivity index (χ3v) is 3.44. The fourth-order valence-electron chi connectivity index (χ4n) is 2.33. The summed E-state index contributed by atoms with van der Waals surface area (Å²) in [7, 11) is 0. The van der Waals surface area contributed by atoms with Crippen molar-refractivity contribution in [2.24, 2.45) is 0 Å². The van der Waals surface area contributed by atoms with Gasteiger partial charge in [-0.2, -0.15) is 0 Å². The Morgan fingerprint density at radius 1 is 1.21 bits per heavy atom. The molecule has 1 N–H and O–H groups in total. The molecule has 0 fully saturated rings. The van der Waals surface area contributed by atoms with E-state index >= 15 is 0 Å². The smallest absolute Gasteiger partial charge is 0.344 e. The van der Waals surface area contributed by atoms with Crippen molar-refractivity contribution in [1.82, 2.24) is 4.98 Å². The van der Waals surface area contributed by atoms with Crippen LogP contribution in [0.5, 0.6) is 0 Å². The van der Waals surface area contributed by atoms with Crippen molar-refractivity contribution in [1.29, 1.82) is 0 Å². The van der Waals surface area contributed by atoms with Crippen molar-refractivity contribution in [3.05, 3.63) is 44.7 Å². The molecule has 0 bridgehead atoms. The third kappa shape index (κ3) is 2.14. The van der Waals surface area contributed by atoms with E-state index in [0.717, 1.165) is 22.0 Å². The molecule has 0 atom stereocenters. The fraction of sp³-hybridized carbons (Fsp3) is 0.333. The van der Waals surface area contributed by atoms with Gasteiger partial charge in [0, 0.05) is 10.9 Å². The summed E-state index contributed by atoms with van der Waals surface area (Å²) in [6.45, 7) is 7.75. The second kappa shape index (κ2) is 4.88. The van der Waals surface area contributed by atoms with Crippen LogP contribution in [-0.2, 0) is 4.74 Å². The van der Waals surface area contributed by atoms with Crippen molar-refractivity contribution < 1.29 is 9.53 Å². The van der Waals surface area contributed by atoms with Gasteiger partial charge in [0.15, 0.2) is 0 Å². The van der Waals surface area contributed by atoms with E-state index in [4.69, 9.17) is 4.74 Å². The van der Waals surface area contributed by atoms with Crippen LogP contribution in [0.15, 0.2) is 16.9 Å². The first kappa shape index (κ1) is 13.3. The molecule has 4 heteroatoms. The minimum absolute atomic E-state index is 0.100. The lowest BCUT2D eigenvalue weighted by atomic mass is 9.97. The largest absolute Gasteiger partial charge is 0.462 e. The van der Waals surface area contributed by atoms with E-state index in [-0.39, 0.29) is 12.2 Å². The maximum absolute atomic E-state index is 12.0. The number of aryl methyl sites for hydroxylation is 3. The van der Waals surface area contributed by atoms with Crippen LogP contribution in [0.3, 0.4) is 0 Å². The molecule has 0 saturated carbocycles. The van der Waals surface area contributed by atoms with Gasteiger partial charge in [-0.25, -0.2) is 4.79 Å². The summed E-state index contributed by atoms with van der Waals surface area (Å²) in [5, 5.41) is 0.919. The second-order valence-corrected chi connectivity index (χ2v) is 4.60. The Balaban J connectivity index is 2.84. The number of aromatic nitrogens is 1. The zero-order valence-electron chi connectivity index (χ0n) is 11.6. The highest BCUT2D eigenvalue weighted by molar-refractivity contribution is 5.98. The molecule has 1 aromatic carbocycles. The molecule has 2 rings (SSSR count). The highest BCUT2D eigenvalue weighted by Crippen LogP contribution is 2.24. The molecule has 0 radical (unpaired) electrons. The van der Waals surface area contributed by atoms with Crippen LogP contribution in [0, 0.1) is 20.8 Å². The number of nitrogens with one attached hydrogen (secondary N) is 1. The Labute approximate surface area is 111 Å². The topological polar surface area (TPSA) is 59.2 Å². The standard InChI is InChI=1S/C15H17NO3/c1-5-19-15(18)13-10(4)12-9(3)8(2)6-7-11(12)16-14(13)17/h6-7H,5H2,1-4H3,(H,16,17). The van der Waals surface area contributed by atoms with Crippen LogP contribution in [0.2, 0.25) is 0 Å². The zero-order valence-corrected chi connectivity index (χ0v) is 11.6. The van der Waals surface area contributed by atoms with Gasteiger partial charge in [-0.15, -0.1) is 0 Å². The third-order valence-electron chi connectivity index (χ3n) is 3.44. The summed E-state index contributed by atoms with van der Waals surface area (Å²) >= 11 is 0. The van der Waals surface area contributed by atoms with Gasteiger partial charge < -0.3 is 9.72 Å². The molecular weight excluding hydrogens is 242 g/mol. The lowest BCUT2D eigenvalue weighted by Gasteiger charge is -2.11. The SMILES string of the molecule is CCOC(=O)c1c(C)c2c(C)c(C)ccc2[nH]c1=O. The Morgan fingerprint density at radius 3 is 2.53 bits per heavy atom. The zero-order chi connectivity index (χ0) is 14.2. The van der Waals surface area contributed by atoms with Crippen LogP contribution in [0.1, 0.15) is 34.0 Å². The number of carbonyl (C=O) groups excluding carboxylic acids is 1. The number of fused-ring (bicyclic) bond motifs is 1. The number of rotatable bonds is 2. The number of benzene rings is 1. The number of H-pyrrole nitrogens is 1. The Kier molecular flexibility index (Phi) is 3.42. The Morgan fingerprint density at radius 2 is 1.89 bits per heavy atom. The minimum atomic E-state index is -0.566. The fourth-order valence-corrected chi connectivity index (χ4v) is 2.33. The van der Waals surface area contributed by atoms with Gasteiger partial charge in [-0.3, -0.25) is 4.79 Å². The number of hydrogen-bond acceptors (Lipinski definition) is 3. The molecule has 100 valence electrons. The van der Waals surface area contributed by atoms with Crippen molar-refractivity contribution in [3.8, 4) is 0 Å². The van der Waals surface area contributed by atoms with Crippen molar-refractivity contribution in [2.45, 2.75) is 27.7 Å².